The highest BCUT2D eigenvalue weighted by Gasteiger charge is 2.27. The first-order valence-electron chi connectivity index (χ1n) is 11.7. The number of para-hydroxylation sites is 2. The molecule has 0 aliphatic carbocycles. The molecule has 0 fully saturated rings. The third-order valence-corrected chi connectivity index (χ3v) is 6.45. The van der Waals surface area contributed by atoms with Gasteiger partial charge in [0.2, 0.25) is 5.91 Å². The van der Waals surface area contributed by atoms with Crippen molar-refractivity contribution < 1.29 is 9.21 Å². The number of imidazole rings is 1. The van der Waals surface area contributed by atoms with E-state index in [1.165, 1.54) is 0 Å². The van der Waals surface area contributed by atoms with Gasteiger partial charge in [0.15, 0.2) is 0 Å². The van der Waals surface area contributed by atoms with Crippen LogP contribution >= 0.6 is 0 Å². The zero-order valence-corrected chi connectivity index (χ0v) is 19.2. The van der Waals surface area contributed by atoms with Gasteiger partial charge in [-0.3, -0.25) is 14.7 Å². The highest BCUT2D eigenvalue weighted by Crippen LogP contribution is 2.39. The first kappa shape index (κ1) is 21.1. The number of carbonyl (C=O) groups is 1. The number of aromatic nitrogens is 3. The van der Waals surface area contributed by atoms with Crippen LogP contribution in [-0.4, -0.2) is 20.4 Å². The maximum Gasteiger partial charge on any atom is 0.232 e. The molecule has 3 aromatic heterocycles. The number of aryl methyl sites for hydroxylation is 1. The molecule has 35 heavy (non-hydrogen) atoms. The molecular formula is C29H24N4O2. The Labute approximate surface area is 203 Å². The van der Waals surface area contributed by atoms with Crippen LogP contribution in [0.1, 0.15) is 29.1 Å². The van der Waals surface area contributed by atoms with Crippen molar-refractivity contribution in [1.82, 2.24) is 14.5 Å². The number of benzene rings is 2. The summed E-state index contributed by atoms with van der Waals surface area (Å²) in [6.07, 6.45) is 8.79. The fourth-order valence-corrected chi connectivity index (χ4v) is 4.78. The number of fused-ring (bicyclic) bond motifs is 2. The van der Waals surface area contributed by atoms with E-state index in [0.717, 1.165) is 51.8 Å². The Balaban J connectivity index is 1.31. The lowest BCUT2D eigenvalue weighted by molar-refractivity contribution is -0.117. The lowest BCUT2D eigenvalue weighted by Crippen LogP contribution is -2.30. The maximum atomic E-state index is 13.7. The van der Waals surface area contributed by atoms with Crippen LogP contribution in [0.3, 0.4) is 0 Å². The molecule has 1 amide bonds. The lowest BCUT2D eigenvalue weighted by atomic mass is 9.95. The Hall–Kier alpha value is -4.45. The van der Waals surface area contributed by atoms with Crippen LogP contribution in [-0.2, 0) is 24.2 Å². The number of nitrogens with zero attached hydrogens (tertiary/aromatic N) is 4. The minimum atomic E-state index is 0.0556. The summed E-state index contributed by atoms with van der Waals surface area (Å²) >= 11 is 0. The quantitative estimate of drug-likeness (QED) is 0.322. The molecule has 1 aliphatic heterocycles. The van der Waals surface area contributed by atoms with Crippen molar-refractivity contribution in [2.75, 3.05) is 4.90 Å². The van der Waals surface area contributed by atoms with Crippen LogP contribution < -0.4 is 4.90 Å². The van der Waals surface area contributed by atoms with Crippen molar-refractivity contribution in [2.24, 2.45) is 0 Å². The second-order valence-electron chi connectivity index (χ2n) is 8.63. The fraction of sp³-hybridized carbons (Fsp3) is 0.138. The van der Waals surface area contributed by atoms with Crippen molar-refractivity contribution >= 4 is 17.3 Å². The van der Waals surface area contributed by atoms with E-state index in [9.17, 15) is 4.79 Å². The molecule has 0 unspecified atom stereocenters. The van der Waals surface area contributed by atoms with Gasteiger partial charge in [0.1, 0.15) is 11.6 Å². The van der Waals surface area contributed by atoms with Crippen LogP contribution in [0.15, 0.2) is 102 Å². The molecule has 0 saturated heterocycles. The van der Waals surface area contributed by atoms with Crippen molar-refractivity contribution in [3.8, 4) is 11.3 Å². The Morgan fingerprint density at radius 3 is 2.34 bits per heavy atom. The average molecular weight is 461 g/mol. The molecule has 0 spiro atoms. The Morgan fingerprint density at radius 1 is 0.886 bits per heavy atom. The molecule has 2 aromatic carbocycles. The number of furan rings is 1. The van der Waals surface area contributed by atoms with Gasteiger partial charge in [-0.05, 0) is 47.5 Å². The van der Waals surface area contributed by atoms with E-state index in [4.69, 9.17) is 9.40 Å². The van der Waals surface area contributed by atoms with E-state index in [1.54, 1.807) is 12.5 Å². The molecule has 1 aliphatic rings. The average Bonchev–Trinajstić information content (AvgIpc) is 3.56. The summed E-state index contributed by atoms with van der Waals surface area (Å²) in [5.74, 6) is 1.73. The van der Waals surface area contributed by atoms with E-state index in [0.29, 0.717) is 19.4 Å². The normalized spacial score (nSPS) is 12.3. The van der Waals surface area contributed by atoms with Crippen LogP contribution in [0.4, 0.5) is 11.4 Å². The second kappa shape index (κ2) is 9.06. The monoisotopic (exact) mass is 460 g/mol. The number of pyridine rings is 1. The van der Waals surface area contributed by atoms with Gasteiger partial charge in [-0.2, -0.15) is 0 Å². The zero-order valence-electron chi connectivity index (χ0n) is 19.2. The van der Waals surface area contributed by atoms with Crippen LogP contribution in [0.5, 0.6) is 0 Å². The number of hydrogen-bond acceptors (Lipinski definition) is 4. The number of hydrogen-bond donors (Lipinski definition) is 0. The van der Waals surface area contributed by atoms with E-state index < -0.39 is 0 Å². The third kappa shape index (κ3) is 4.04. The molecule has 6 rings (SSSR count). The topological polar surface area (TPSA) is 64.2 Å². The summed E-state index contributed by atoms with van der Waals surface area (Å²) in [6.45, 7) is 0.538. The molecule has 0 saturated carbocycles. The first-order chi connectivity index (χ1) is 17.3. The van der Waals surface area contributed by atoms with E-state index >= 15 is 0 Å². The second-order valence-corrected chi connectivity index (χ2v) is 8.63. The predicted octanol–water partition coefficient (Wildman–Crippen LogP) is 5.79. The number of carbonyl (C=O) groups excluding carboxylic acids is 1. The van der Waals surface area contributed by atoms with Gasteiger partial charge < -0.3 is 8.98 Å². The third-order valence-electron chi connectivity index (χ3n) is 6.45. The molecule has 6 nitrogen and oxygen atoms in total. The summed E-state index contributed by atoms with van der Waals surface area (Å²) in [5.41, 5.74) is 6.18. The van der Waals surface area contributed by atoms with Gasteiger partial charge >= 0.3 is 0 Å². The molecular weight excluding hydrogens is 436 g/mol. The summed E-state index contributed by atoms with van der Waals surface area (Å²) in [5, 5.41) is 0. The Kier molecular flexibility index (Phi) is 5.47. The van der Waals surface area contributed by atoms with E-state index in [2.05, 4.69) is 21.7 Å². The van der Waals surface area contributed by atoms with Gasteiger partial charge in [0.05, 0.1) is 36.1 Å². The number of anilines is 2. The standard InChI is InChI=1S/C29H24N4O2/c34-29(33-25-11-3-1-7-21(25)17-22-8-2-4-12-26(22)33)14-13-28-31-19-27(23-9-5-15-30-18-23)32(28)20-24-10-6-16-35-24/h1-12,15-16,18-19H,13-14,17,20H2. The molecule has 5 aromatic rings. The van der Waals surface area contributed by atoms with Crippen LogP contribution in [0.25, 0.3) is 11.3 Å². The van der Waals surface area contributed by atoms with Gasteiger partial charge in [-0.1, -0.05) is 36.4 Å². The van der Waals surface area contributed by atoms with Crippen LogP contribution in [0.2, 0.25) is 0 Å². The summed E-state index contributed by atoms with van der Waals surface area (Å²) in [6, 6.07) is 24.0. The minimum Gasteiger partial charge on any atom is -0.467 e. The first-order valence-corrected chi connectivity index (χ1v) is 11.7. The molecule has 0 atom stereocenters. The Morgan fingerprint density at radius 2 is 1.66 bits per heavy atom. The van der Waals surface area contributed by atoms with Crippen molar-refractivity contribution in [3.05, 3.63) is 120 Å². The summed E-state index contributed by atoms with van der Waals surface area (Å²) < 4.78 is 7.72. The number of amides is 1. The van der Waals surface area contributed by atoms with Gasteiger partial charge in [0.25, 0.3) is 0 Å². The van der Waals surface area contributed by atoms with E-state index in [-0.39, 0.29) is 5.91 Å². The SMILES string of the molecule is O=C(CCc1ncc(-c2cccnc2)n1Cc1ccco1)N1c2ccccc2Cc2ccccc21. The fourth-order valence-electron chi connectivity index (χ4n) is 4.78. The van der Waals surface area contributed by atoms with Gasteiger partial charge in [-0.15, -0.1) is 0 Å². The molecule has 0 bridgehead atoms. The Bertz CT molecular complexity index is 1430. The molecule has 172 valence electrons. The maximum absolute atomic E-state index is 13.7. The zero-order chi connectivity index (χ0) is 23.6. The predicted molar refractivity (Wildman–Crippen MR) is 134 cm³/mol. The highest BCUT2D eigenvalue weighted by atomic mass is 16.3. The highest BCUT2D eigenvalue weighted by molar-refractivity contribution is 6.03. The summed E-state index contributed by atoms with van der Waals surface area (Å²) in [7, 11) is 0. The summed E-state index contributed by atoms with van der Waals surface area (Å²) in [4.78, 5) is 24.5. The van der Waals surface area contributed by atoms with Crippen molar-refractivity contribution in [3.63, 3.8) is 0 Å². The minimum absolute atomic E-state index is 0.0556. The number of rotatable bonds is 6. The van der Waals surface area contributed by atoms with Crippen LogP contribution in [0, 0.1) is 0 Å². The van der Waals surface area contributed by atoms with Crippen molar-refractivity contribution in [1.29, 1.82) is 0 Å². The van der Waals surface area contributed by atoms with Gasteiger partial charge in [0, 0.05) is 37.2 Å². The largest absolute Gasteiger partial charge is 0.467 e. The van der Waals surface area contributed by atoms with Gasteiger partial charge in [-0.25, -0.2) is 4.98 Å². The smallest absolute Gasteiger partial charge is 0.232 e. The molecule has 0 radical (unpaired) electrons. The molecule has 6 heteroatoms. The molecule has 0 N–H and O–H groups in total. The lowest BCUT2D eigenvalue weighted by Gasteiger charge is -2.31. The van der Waals surface area contributed by atoms with Crippen molar-refractivity contribution in [2.45, 2.75) is 25.8 Å². The van der Waals surface area contributed by atoms with E-state index in [1.807, 2.05) is 78.0 Å². The molecule has 4 heterocycles.